The van der Waals surface area contributed by atoms with Gasteiger partial charge in [-0.1, -0.05) is 32.0 Å². The summed E-state index contributed by atoms with van der Waals surface area (Å²) >= 11 is 0. The fourth-order valence-electron chi connectivity index (χ4n) is 3.38. The summed E-state index contributed by atoms with van der Waals surface area (Å²) in [6.07, 6.45) is 4.90. The van der Waals surface area contributed by atoms with Crippen molar-refractivity contribution in [2.45, 2.75) is 20.4 Å². The van der Waals surface area contributed by atoms with Gasteiger partial charge in [0.05, 0.1) is 30.8 Å². The highest BCUT2D eigenvalue weighted by molar-refractivity contribution is 6.02. The van der Waals surface area contributed by atoms with E-state index in [1.165, 1.54) is 6.26 Å². The van der Waals surface area contributed by atoms with Crippen molar-refractivity contribution >= 4 is 12.0 Å². The zero-order valence-corrected chi connectivity index (χ0v) is 19.6. The van der Waals surface area contributed by atoms with Crippen molar-refractivity contribution in [2.75, 3.05) is 6.61 Å². The highest BCUT2D eigenvalue weighted by atomic mass is 16.5. The van der Waals surface area contributed by atoms with Crippen molar-refractivity contribution in [3.63, 3.8) is 0 Å². The van der Waals surface area contributed by atoms with Crippen molar-refractivity contribution in [1.82, 2.24) is 15.1 Å². The predicted octanol–water partition coefficient (Wildman–Crippen LogP) is 5.39. The minimum atomic E-state index is -0.486. The molecule has 0 fully saturated rings. The number of nitriles is 1. The number of ether oxygens (including phenoxy) is 1. The molecular weight excluding hydrogens is 440 g/mol. The Kier molecular flexibility index (Phi) is 7.44. The Bertz CT molecular complexity index is 1330. The molecule has 0 saturated carbocycles. The van der Waals surface area contributed by atoms with Crippen molar-refractivity contribution in [1.29, 1.82) is 5.26 Å². The normalized spacial score (nSPS) is 11.3. The van der Waals surface area contributed by atoms with Crippen LogP contribution in [0.3, 0.4) is 0 Å². The molecular formula is C28H26N4O3. The molecule has 1 amide bonds. The molecule has 7 nitrogen and oxygen atoms in total. The average Bonchev–Trinajstić information content (AvgIpc) is 3.55. The van der Waals surface area contributed by atoms with Gasteiger partial charge in [-0.3, -0.25) is 4.79 Å². The predicted molar refractivity (Wildman–Crippen MR) is 133 cm³/mol. The van der Waals surface area contributed by atoms with Crippen LogP contribution in [0.15, 0.2) is 89.2 Å². The van der Waals surface area contributed by atoms with E-state index in [1.807, 2.05) is 66.9 Å². The van der Waals surface area contributed by atoms with Gasteiger partial charge >= 0.3 is 0 Å². The molecule has 0 atom stereocenters. The van der Waals surface area contributed by atoms with E-state index in [1.54, 1.807) is 22.9 Å². The monoisotopic (exact) mass is 466 g/mol. The molecule has 0 aliphatic heterocycles. The van der Waals surface area contributed by atoms with Crippen LogP contribution in [0.1, 0.15) is 25.2 Å². The second-order valence-corrected chi connectivity index (χ2v) is 8.37. The summed E-state index contributed by atoms with van der Waals surface area (Å²) in [4.78, 5) is 12.7. The molecule has 2 aromatic heterocycles. The lowest BCUT2D eigenvalue weighted by Gasteiger charge is -2.09. The van der Waals surface area contributed by atoms with E-state index in [9.17, 15) is 10.1 Å². The van der Waals surface area contributed by atoms with Gasteiger partial charge in [0.15, 0.2) is 0 Å². The Morgan fingerprint density at radius 1 is 1.14 bits per heavy atom. The van der Waals surface area contributed by atoms with Gasteiger partial charge in [0.1, 0.15) is 23.2 Å². The molecule has 176 valence electrons. The van der Waals surface area contributed by atoms with Gasteiger partial charge in [-0.25, -0.2) is 4.68 Å². The Balaban J connectivity index is 1.66. The van der Waals surface area contributed by atoms with Crippen molar-refractivity contribution in [2.24, 2.45) is 5.92 Å². The third-order valence-electron chi connectivity index (χ3n) is 5.14. The molecule has 0 spiro atoms. The summed E-state index contributed by atoms with van der Waals surface area (Å²) in [5, 5.41) is 17.2. The molecule has 4 rings (SSSR count). The van der Waals surface area contributed by atoms with E-state index in [0.717, 1.165) is 17.0 Å². The molecule has 0 aliphatic carbocycles. The molecule has 0 unspecified atom stereocenters. The summed E-state index contributed by atoms with van der Waals surface area (Å²) in [7, 11) is 0. The number of para-hydroxylation sites is 1. The van der Waals surface area contributed by atoms with Crippen LogP contribution >= 0.6 is 0 Å². The van der Waals surface area contributed by atoms with E-state index >= 15 is 0 Å². The minimum Gasteiger partial charge on any atom is -0.493 e. The maximum absolute atomic E-state index is 12.7. The summed E-state index contributed by atoms with van der Waals surface area (Å²) in [6.45, 7) is 5.02. The molecule has 0 bridgehead atoms. The average molecular weight is 467 g/mol. The molecule has 35 heavy (non-hydrogen) atoms. The molecule has 1 N–H and O–H groups in total. The summed E-state index contributed by atoms with van der Waals surface area (Å²) in [6, 6.07) is 22.8. The lowest BCUT2D eigenvalue weighted by Crippen LogP contribution is -2.23. The molecule has 4 aromatic rings. The number of hydrogen-bond acceptors (Lipinski definition) is 5. The fraction of sp³-hybridized carbons (Fsp3) is 0.179. The summed E-state index contributed by atoms with van der Waals surface area (Å²) < 4.78 is 12.8. The first-order valence-corrected chi connectivity index (χ1v) is 11.3. The smallest absolute Gasteiger partial charge is 0.262 e. The van der Waals surface area contributed by atoms with E-state index < -0.39 is 5.91 Å². The Hall–Kier alpha value is -4.57. The third-order valence-corrected chi connectivity index (χ3v) is 5.14. The maximum Gasteiger partial charge on any atom is 0.262 e. The van der Waals surface area contributed by atoms with Crippen molar-refractivity contribution < 1.29 is 13.9 Å². The molecule has 0 aliphatic rings. The number of furan rings is 1. The van der Waals surface area contributed by atoms with E-state index in [-0.39, 0.29) is 12.1 Å². The van der Waals surface area contributed by atoms with Gasteiger partial charge in [-0.15, -0.1) is 0 Å². The van der Waals surface area contributed by atoms with Gasteiger partial charge in [0, 0.05) is 17.3 Å². The van der Waals surface area contributed by atoms with Crippen molar-refractivity contribution in [3.8, 4) is 28.8 Å². The van der Waals surface area contributed by atoms with Crippen LogP contribution in [0.25, 0.3) is 23.0 Å². The SMILES string of the molecule is CC(C)COc1ccc(-c2nn(-c3ccccc3)cc2/C=C(\C#N)C(=O)NCc2ccco2)cc1. The van der Waals surface area contributed by atoms with Crippen molar-refractivity contribution in [3.05, 3.63) is 96.1 Å². The number of hydrogen-bond donors (Lipinski definition) is 1. The Labute approximate surface area is 204 Å². The number of rotatable bonds is 9. The van der Waals surface area contributed by atoms with Crippen LogP contribution in [0.4, 0.5) is 0 Å². The molecule has 2 aromatic carbocycles. The second-order valence-electron chi connectivity index (χ2n) is 8.37. The number of nitrogens with zero attached hydrogens (tertiary/aromatic N) is 3. The molecule has 0 saturated heterocycles. The van der Waals surface area contributed by atoms with Gasteiger partial charge in [-0.2, -0.15) is 10.4 Å². The molecule has 7 heteroatoms. The molecule has 0 radical (unpaired) electrons. The number of carbonyl (C=O) groups is 1. The minimum absolute atomic E-state index is 0.0256. The quantitative estimate of drug-likeness (QED) is 0.264. The van der Waals surface area contributed by atoms with Crippen LogP contribution in [0.5, 0.6) is 5.75 Å². The summed E-state index contributed by atoms with van der Waals surface area (Å²) in [5.41, 5.74) is 2.98. The van der Waals surface area contributed by atoms with Crippen LogP contribution in [-0.2, 0) is 11.3 Å². The zero-order chi connectivity index (χ0) is 24.6. The first kappa shape index (κ1) is 23.6. The zero-order valence-electron chi connectivity index (χ0n) is 19.6. The van der Waals surface area contributed by atoms with Gasteiger partial charge in [-0.05, 0) is 60.5 Å². The fourth-order valence-corrected chi connectivity index (χ4v) is 3.38. The third kappa shape index (κ3) is 6.06. The largest absolute Gasteiger partial charge is 0.493 e. The second kappa shape index (κ2) is 11.0. The van der Waals surface area contributed by atoms with Crippen LogP contribution in [0.2, 0.25) is 0 Å². The highest BCUT2D eigenvalue weighted by Crippen LogP contribution is 2.27. The van der Waals surface area contributed by atoms with Crippen LogP contribution in [-0.4, -0.2) is 22.3 Å². The first-order valence-electron chi connectivity index (χ1n) is 11.3. The van der Waals surface area contributed by atoms with Crippen LogP contribution in [0, 0.1) is 17.2 Å². The van der Waals surface area contributed by atoms with E-state index in [4.69, 9.17) is 14.3 Å². The van der Waals surface area contributed by atoms with E-state index in [2.05, 4.69) is 19.2 Å². The van der Waals surface area contributed by atoms with Crippen LogP contribution < -0.4 is 10.1 Å². The Morgan fingerprint density at radius 2 is 1.91 bits per heavy atom. The number of carbonyl (C=O) groups excluding carboxylic acids is 1. The Morgan fingerprint density at radius 3 is 2.57 bits per heavy atom. The van der Waals surface area contributed by atoms with E-state index in [0.29, 0.717) is 29.5 Å². The standard InChI is InChI=1S/C28H26N4O3/c1-20(2)19-35-25-12-10-21(11-13-25)27-23(18-32(31-27)24-7-4-3-5-8-24)15-22(16-29)28(33)30-17-26-9-6-14-34-26/h3-15,18,20H,17,19H2,1-2H3,(H,30,33)/b22-15+. The van der Waals surface area contributed by atoms with Gasteiger partial charge < -0.3 is 14.5 Å². The number of nitrogens with one attached hydrogen (secondary N) is 1. The number of benzene rings is 2. The number of aromatic nitrogens is 2. The first-order chi connectivity index (χ1) is 17.0. The van der Waals surface area contributed by atoms with Gasteiger partial charge in [0.2, 0.25) is 0 Å². The maximum atomic E-state index is 12.7. The number of amides is 1. The summed E-state index contributed by atoms with van der Waals surface area (Å²) in [5.74, 6) is 1.32. The highest BCUT2D eigenvalue weighted by Gasteiger charge is 2.15. The topological polar surface area (TPSA) is 93.1 Å². The molecule has 2 heterocycles. The van der Waals surface area contributed by atoms with Gasteiger partial charge in [0.25, 0.3) is 5.91 Å². The lowest BCUT2D eigenvalue weighted by atomic mass is 10.1. The lowest BCUT2D eigenvalue weighted by molar-refractivity contribution is -0.117.